The second kappa shape index (κ2) is 6.37. The minimum absolute atomic E-state index is 0. The molecule has 0 atom stereocenters. The van der Waals surface area contributed by atoms with Crippen molar-refractivity contribution in [3.63, 3.8) is 0 Å². The Labute approximate surface area is 102 Å². The molecule has 1 aliphatic rings. The van der Waals surface area contributed by atoms with Crippen LogP contribution in [0.5, 0.6) is 0 Å². The van der Waals surface area contributed by atoms with Crippen molar-refractivity contribution in [3.05, 3.63) is 29.8 Å². The quantitative estimate of drug-likeness (QED) is 0.809. The van der Waals surface area contributed by atoms with Crippen molar-refractivity contribution in [3.8, 4) is 6.07 Å². The predicted octanol–water partition coefficient (Wildman–Crippen LogP) is 1.78. The van der Waals surface area contributed by atoms with Gasteiger partial charge in [-0.3, -0.25) is 0 Å². The third-order valence-electron chi connectivity index (χ3n) is 2.68. The van der Waals surface area contributed by atoms with Crippen LogP contribution in [0.2, 0.25) is 0 Å². The number of anilines is 1. The summed E-state index contributed by atoms with van der Waals surface area (Å²) in [5.74, 6) is 0. The van der Waals surface area contributed by atoms with E-state index in [1.54, 1.807) is 0 Å². The number of nitriles is 1. The summed E-state index contributed by atoms with van der Waals surface area (Å²) in [5, 5.41) is 12.2. The van der Waals surface area contributed by atoms with Crippen molar-refractivity contribution in [1.29, 1.82) is 5.26 Å². The Morgan fingerprint density at radius 2 is 2.12 bits per heavy atom. The largest absolute Gasteiger partial charge is 0.370 e. The Hall–Kier alpha value is -1.24. The van der Waals surface area contributed by atoms with Gasteiger partial charge in [0.1, 0.15) is 0 Å². The van der Waals surface area contributed by atoms with Gasteiger partial charge in [0.05, 0.1) is 11.6 Å². The molecule has 1 saturated heterocycles. The Bertz CT molecular complexity index is 365. The van der Waals surface area contributed by atoms with Gasteiger partial charge >= 0.3 is 0 Å². The van der Waals surface area contributed by atoms with Crippen molar-refractivity contribution in [2.24, 2.45) is 0 Å². The number of rotatable bonds is 1. The lowest BCUT2D eigenvalue weighted by molar-refractivity contribution is 0.724. The van der Waals surface area contributed by atoms with Gasteiger partial charge in [0.2, 0.25) is 0 Å². The molecule has 0 saturated carbocycles. The first kappa shape index (κ1) is 12.8. The second-order valence-electron chi connectivity index (χ2n) is 3.75. The van der Waals surface area contributed by atoms with Crippen molar-refractivity contribution < 1.29 is 0 Å². The lowest BCUT2D eigenvalue weighted by atomic mass is 10.2. The summed E-state index contributed by atoms with van der Waals surface area (Å²) in [4.78, 5) is 2.33. The van der Waals surface area contributed by atoms with Crippen molar-refractivity contribution in [2.75, 3.05) is 31.1 Å². The Morgan fingerprint density at radius 1 is 1.25 bits per heavy atom. The minimum Gasteiger partial charge on any atom is -0.370 e. The highest BCUT2D eigenvalue weighted by Crippen LogP contribution is 2.16. The zero-order valence-electron chi connectivity index (χ0n) is 9.15. The first-order valence-corrected chi connectivity index (χ1v) is 5.36. The molecule has 1 aliphatic heterocycles. The highest BCUT2D eigenvalue weighted by atomic mass is 35.5. The molecule has 0 aliphatic carbocycles. The maximum atomic E-state index is 8.84. The van der Waals surface area contributed by atoms with E-state index >= 15 is 0 Å². The molecule has 1 aromatic carbocycles. The van der Waals surface area contributed by atoms with Crippen molar-refractivity contribution in [1.82, 2.24) is 5.32 Å². The highest BCUT2D eigenvalue weighted by Gasteiger charge is 2.09. The van der Waals surface area contributed by atoms with Crippen LogP contribution in [0.1, 0.15) is 12.0 Å². The van der Waals surface area contributed by atoms with E-state index in [-0.39, 0.29) is 12.4 Å². The van der Waals surface area contributed by atoms with Crippen LogP contribution < -0.4 is 10.2 Å². The summed E-state index contributed by atoms with van der Waals surface area (Å²) in [6.07, 6.45) is 1.16. The van der Waals surface area contributed by atoms with E-state index in [1.165, 1.54) is 0 Å². The van der Waals surface area contributed by atoms with Crippen LogP contribution in [0, 0.1) is 11.3 Å². The van der Waals surface area contributed by atoms with E-state index in [9.17, 15) is 0 Å². The molecule has 0 unspecified atom stereocenters. The smallest absolute Gasteiger partial charge is 0.0992 e. The van der Waals surface area contributed by atoms with E-state index in [2.05, 4.69) is 22.4 Å². The number of nitrogens with one attached hydrogen (secondary N) is 1. The number of halogens is 1. The molecule has 0 bridgehead atoms. The average molecular weight is 238 g/mol. The van der Waals surface area contributed by atoms with E-state index in [0.717, 1.165) is 43.9 Å². The Morgan fingerprint density at radius 3 is 2.94 bits per heavy atom. The van der Waals surface area contributed by atoms with Gasteiger partial charge in [-0.05, 0) is 31.2 Å². The molecule has 0 amide bonds. The Balaban J connectivity index is 0.00000128. The monoisotopic (exact) mass is 237 g/mol. The summed E-state index contributed by atoms with van der Waals surface area (Å²) < 4.78 is 0. The standard InChI is InChI=1S/C12H15N3.ClH/c13-10-11-3-1-4-12(9-11)15-7-2-5-14-6-8-15;/h1,3-4,9,14H,2,5-8H2;1H. The minimum atomic E-state index is 0. The zero-order valence-corrected chi connectivity index (χ0v) is 9.96. The van der Waals surface area contributed by atoms with Gasteiger partial charge in [0.25, 0.3) is 0 Å². The molecule has 1 fully saturated rings. The van der Waals surface area contributed by atoms with Crippen molar-refractivity contribution >= 4 is 18.1 Å². The van der Waals surface area contributed by atoms with E-state index < -0.39 is 0 Å². The summed E-state index contributed by atoms with van der Waals surface area (Å²) >= 11 is 0. The topological polar surface area (TPSA) is 39.1 Å². The summed E-state index contributed by atoms with van der Waals surface area (Å²) in [6.45, 7) is 4.21. The van der Waals surface area contributed by atoms with Crippen LogP contribution in [0.3, 0.4) is 0 Å². The highest BCUT2D eigenvalue weighted by molar-refractivity contribution is 5.85. The fourth-order valence-corrected chi connectivity index (χ4v) is 1.88. The van der Waals surface area contributed by atoms with E-state index in [4.69, 9.17) is 5.26 Å². The molecule has 16 heavy (non-hydrogen) atoms. The van der Waals surface area contributed by atoms with E-state index in [0.29, 0.717) is 0 Å². The van der Waals surface area contributed by atoms with Gasteiger partial charge in [-0.25, -0.2) is 0 Å². The fraction of sp³-hybridized carbons (Fsp3) is 0.417. The molecule has 2 rings (SSSR count). The van der Waals surface area contributed by atoms with E-state index in [1.807, 2.05) is 18.2 Å². The molecule has 0 aromatic heterocycles. The maximum absolute atomic E-state index is 8.84. The molecule has 1 heterocycles. The molecule has 1 aromatic rings. The molecule has 0 radical (unpaired) electrons. The molecule has 4 heteroatoms. The first-order chi connectivity index (χ1) is 7.40. The summed E-state index contributed by atoms with van der Waals surface area (Å²) in [5.41, 5.74) is 1.91. The Kier molecular flexibility index (Phi) is 5.10. The van der Waals surface area contributed by atoms with Gasteiger partial charge in [-0.2, -0.15) is 5.26 Å². The first-order valence-electron chi connectivity index (χ1n) is 5.36. The van der Waals surface area contributed by atoms with Crippen LogP contribution in [-0.2, 0) is 0 Å². The molecule has 1 N–H and O–H groups in total. The summed E-state index contributed by atoms with van der Waals surface area (Å²) in [7, 11) is 0. The molecule has 3 nitrogen and oxygen atoms in total. The lowest BCUT2D eigenvalue weighted by Gasteiger charge is -2.22. The van der Waals surface area contributed by atoms with Crippen molar-refractivity contribution in [2.45, 2.75) is 6.42 Å². The van der Waals surface area contributed by atoms with Crippen LogP contribution in [0.15, 0.2) is 24.3 Å². The number of benzene rings is 1. The van der Waals surface area contributed by atoms with Gasteiger partial charge < -0.3 is 10.2 Å². The molecule has 86 valence electrons. The van der Waals surface area contributed by atoms with Gasteiger partial charge in [0.15, 0.2) is 0 Å². The van der Waals surface area contributed by atoms with Gasteiger partial charge in [-0.1, -0.05) is 6.07 Å². The fourth-order valence-electron chi connectivity index (χ4n) is 1.88. The zero-order chi connectivity index (χ0) is 10.5. The lowest BCUT2D eigenvalue weighted by Crippen LogP contribution is -2.27. The van der Waals surface area contributed by atoms with Gasteiger partial charge in [0, 0.05) is 25.3 Å². The number of nitrogens with zero attached hydrogens (tertiary/aromatic N) is 2. The number of hydrogen-bond acceptors (Lipinski definition) is 3. The molecular formula is C12H16ClN3. The van der Waals surface area contributed by atoms with Gasteiger partial charge in [-0.15, -0.1) is 12.4 Å². The molecular weight excluding hydrogens is 222 g/mol. The van der Waals surface area contributed by atoms with Crippen LogP contribution in [0.25, 0.3) is 0 Å². The molecule has 0 spiro atoms. The third kappa shape index (κ3) is 3.13. The van der Waals surface area contributed by atoms with Crippen LogP contribution in [-0.4, -0.2) is 26.2 Å². The third-order valence-corrected chi connectivity index (χ3v) is 2.68. The number of hydrogen-bond donors (Lipinski definition) is 1. The maximum Gasteiger partial charge on any atom is 0.0992 e. The summed E-state index contributed by atoms with van der Waals surface area (Å²) in [6, 6.07) is 10.0. The second-order valence-corrected chi connectivity index (χ2v) is 3.75. The van der Waals surface area contributed by atoms with Crippen LogP contribution >= 0.6 is 12.4 Å². The normalized spacial score (nSPS) is 15.8. The predicted molar refractivity (Wildman–Crippen MR) is 68.1 cm³/mol. The van der Waals surface area contributed by atoms with Crippen LogP contribution in [0.4, 0.5) is 5.69 Å². The average Bonchev–Trinajstić information content (AvgIpc) is 2.58. The SMILES string of the molecule is Cl.N#Cc1cccc(N2CCCNCC2)c1.